The molecule has 0 radical (unpaired) electrons. The summed E-state index contributed by atoms with van der Waals surface area (Å²) in [7, 11) is 1.55. The highest BCUT2D eigenvalue weighted by atomic mass is 16.5. The van der Waals surface area contributed by atoms with Crippen LogP contribution in [0.2, 0.25) is 0 Å². The third-order valence-electron chi connectivity index (χ3n) is 4.89. The summed E-state index contributed by atoms with van der Waals surface area (Å²) in [5.74, 6) is -0.729. The van der Waals surface area contributed by atoms with Crippen molar-refractivity contribution in [3.05, 3.63) is 36.1 Å². The van der Waals surface area contributed by atoms with Crippen molar-refractivity contribution in [2.75, 3.05) is 7.11 Å². The summed E-state index contributed by atoms with van der Waals surface area (Å²) in [4.78, 5) is 11.7. The number of aliphatic carboxylic acids is 1. The summed E-state index contributed by atoms with van der Waals surface area (Å²) in [6, 6.07) is -0.839. The molecule has 5 heteroatoms. The highest BCUT2D eigenvalue weighted by Crippen LogP contribution is 2.49. The molecule has 0 aromatic rings. The Bertz CT molecular complexity index is 534. The van der Waals surface area contributed by atoms with Crippen LogP contribution in [0.1, 0.15) is 58.8 Å². The van der Waals surface area contributed by atoms with Crippen molar-refractivity contribution in [2.24, 2.45) is 11.1 Å². The maximum Gasteiger partial charge on any atom is 0.337 e. The van der Waals surface area contributed by atoms with Gasteiger partial charge in [-0.1, -0.05) is 39.3 Å². The molecule has 4 N–H and O–H groups in total. The lowest BCUT2D eigenvalue weighted by Gasteiger charge is -2.32. The number of hydrogen-bond acceptors (Lipinski definition) is 4. The molecule has 1 aliphatic carbocycles. The second-order valence-corrected chi connectivity index (χ2v) is 7.48. The van der Waals surface area contributed by atoms with Crippen LogP contribution in [0.15, 0.2) is 36.1 Å². The number of aliphatic hydroxyl groups is 1. The summed E-state index contributed by atoms with van der Waals surface area (Å²) in [5, 5.41) is 20.2. The smallest absolute Gasteiger partial charge is 0.337 e. The SMILES string of the molecule is C=C(/C=C(\C=C/CCCC)OC)C[C@](O)(C(=O)O)C(N)CC1(C)CC1. The van der Waals surface area contributed by atoms with Gasteiger partial charge in [0.1, 0.15) is 5.76 Å². The van der Waals surface area contributed by atoms with Crippen molar-refractivity contribution in [2.45, 2.75) is 70.4 Å². The van der Waals surface area contributed by atoms with Crippen molar-refractivity contribution >= 4 is 5.97 Å². The van der Waals surface area contributed by atoms with Gasteiger partial charge in [0.2, 0.25) is 0 Å². The van der Waals surface area contributed by atoms with Gasteiger partial charge in [0, 0.05) is 12.5 Å². The Morgan fingerprint density at radius 2 is 2.12 bits per heavy atom. The van der Waals surface area contributed by atoms with Gasteiger partial charge in [0.15, 0.2) is 5.60 Å². The van der Waals surface area contributed by atoms with E-state index in [1.54, 1.807) is 13.2 Å². The Morgan fingerprint density at radius 3 is 2.60 bits per heavy atom. The molecule has 1 aliphatic rings. The largest absolute Gasteiger partial charge is 0.497 e. The quantitative estimate of drug-likeness (QED) is 0.284. The van der Waals surface area contributed by atoms with E-state index in [1.807, 2.05) is 12.2 Å². The van der Waals surface area contributed by atoms with E-state index in [-0.39, 0.29) is 11.8 Å². The molecule has 1 saturated carbocycles. The molecule has 0 aromatic carbocycles. The summed E-state index contributed by atoms with van der Waals surface area (Å²) < 4.78 is 5.28. The molecule has 25 heavy (non-hydrogen) atoms. The highest BCUT2D eigenvalue weighted by molar-refractivity contribution is 5.78. The van der Waals surface area contributed by atoms with Crippen molar-refractivity contribution in [1.29, 1.82) is 0 Å². The number of carboxylic acid groups (broad SMARTS) is 1. The number of ether oxygens (including phenoxy) is 1. The van der Waals surface area contributed by atoms with Crippen LogP contribution in [0.25, 0.3) is 0 Å². The topological polar surface area (TPSA) is 92.8 Å². The minimum Gasteiger partial charge on any atom is -0.497 e. The zero-order chi connectivity index (χ0) is 19.1. The number of allylic oxidation sites excluding steroid dienone is 3. The van der Waals surface area contributed by atoms with Gasteiger partial charge < -0.3 is 20.7 Å². The molecule has 0 saturated heterocycles. The normalized spacial score (nSPS) is 20.1. The molecule has 1 fully saturated rings. The van der Waals surface area contributed by atoms with Gasteiger partial charge in [-0.25, -0.2) is 4.79 Å². The molecule has 0 aliphatic heterocycles. The summed E-state index contributed by atoms with van der Waals surface area (Å²) in [6.07, 6.45) is 11.1. The number of unbranched alkanes of at least 4 members (excludes halogenated alkanes) is 2. The molecule has 142 valence electrons. The molecule has 0 bridgehead atoms. The molecular weight excluding hydrogens is 318 g/mol. The van der Waals surface area contributed by atoms with E-state index in [1.165, 1.54) is 0 Å². The van der Waals surface area contributed by atoms with E-state index in [4.69, 9.17) is 10.5 Å². The van der Waals surface area contributed by atoms with Gasteiger partial charge in [-0.3, -0.25) is 0 Å². The fraction of sp³-hybridized carbons (Fsp3) is 0.650. The Kier molecular flexibility index (Phi) is 7.90. The first-order valence-electron chi connectivity index (χ1n) is 8.98. The number of hydrogen-bond donors (Lipinski definition) is 3. The fourth-order valence-corrected chi connectivity index (χ4v) is 2.78. The zero-order valence-electron chi connectivity index (χ0n) is 15.8. The zero-order valence-corrected chi connectivity index (χ0v) is 15.8. The molecule has 0 amide bonds. The van der Waals surface area contributed by atoms with Crippen LogP contribution in [0, 0.1) is 5.41 Å². The van der Waals surface area contributed by atoms with Gasteiger partial charge in [0.25, 0.3) is 0 Å². The van der Waals surface area contributed by atoms with Crippen molar-refractivity contribution < 1.29 is 19.7 Å². The first kappa shape index (κ1) is 21.5. The minimum absolute atomic E-state index is 0.0553. The standard InChI is InChI=1S/C20H33NO4/c1-5-6-7-8-9-16(25-4)12-15(2)13-20(24,18(22)23)17(21)14-19(3)10-11-19/h8-9,12,17,24H,2,5-7,10-11,13-14,21H2,1,3-4H3,(H,22,23)/b9-8-,16-12+/t17?,20-/m1/s1. The first-order chi connectivity index (χ1) is 11.7. The monoisotopic (exact) mass is 351 g/mol. The highest BCUT2D eigenvalue weighted by Gasteiger charge is 2.48. The van der Waals surface area contributed by atoms with Crippen LogP contribution in [0.4, 0.5) is 0 Å². The summed E-state index contributed by atoms with van der Waals surface area (Å²) in [5.41, 5.74) is 4.57. The Hall–Kier alpha value is -1.59. The maximum absolute atomic E-state index is 11.7. The lowest BCUT2D eigenvalue weighted by atomic mass is 9.82. The van der Waals surface area contributed by atoms with E-state index in [9.17, 15) is 15.0 Å². The third kappa shape index (κ3) is 6.67. The Labute approximate surface area is 151 Å². The van der Waals surface area contributed by atoms with Gasteiger partial charge >= 0.3 is 5.97 Å². The predicted molar refractivity (Wildman–Crippen MR) is 100 cm³/mol. The average molecular weight is 351 g/mol. The van der Waals surface area contributed by atoms with E-state index >= 15 is 0 Å². The fourth-order valence-electron chi connectivity index (χ4n) is 2.78. The maximum atomic E-state index is 11.7. The van der Waals surface area contributed by atoms with Gasteiger partial charge in [0.05, 0.1) is 7.11 Å². The molecule has 0 spiro atoms. The Morgan fingerprint density at radius 1 is 1.48 bits per heavy atom. The number of carbonyl (C=O) groups is 1. The number of carboxylic acids is 1. The van der Waals surface area contributed by atoms with Crippen LogP contribution >= 0.6 is 0 Å². The van der Waals surface area contributed by atoms with Gasteiger partial charge in [-0.15, -0.1) is 0 Å². The molecule has 0 heterocycles. The van der Waals surface area contributed by atoms with Crippen LogP contribution in [-0.2, 0) is 9.53 Å². The average Bonchev–Trinajstić information content (AvgIpc) is 3.26. The Balaban J connectivity index is 2.78. The number of methoxy groups -OCH3 is 1. The molecular formula is C20H33NO4. The van der Waals surface area contributed by atoms with Gasteiger partial charge in [-0.2, -0.15) is 0 Å². The van der Waals surface area contributed by atoms with Gasteiger partial charge in [-0.05, 0) is 48.8 Å². The number of rotatable bonds is 12. The second kappa shape index (κ2) is 9.20. The molecule has 2 atom stereocenters. The van der Waals surface area contributed by atoms with E-state index in [2.05, 4.69) is 20.4 Å². The van der Waals surface area contributed by atoms with Crippen LogP contribution < -0.4 is 5.73 Å². The van der Waals surface area contributed by atoms with Crippen molar-refractivity contribution in [1.82, 2.24) is 0 Å². The first-order valence-corrected chi connectivity index (χ1v) is 8.98. The minimum atomic E-state index is -2.02. The van der Waals surface area contributed by atoms with E-state index in [0.29, 0.717) is 17.8 Å². The summed E-state index contributed by atoms with van der Waals surface area (Å²) in [6.45, 7) is 8.07. The lowest BCUT2D eigenvalue weighted by molar-refractivity contribution is -0.161. The van der Waals surface area contributed by atoms with Crippen LogP contribution in [0.3, 0.4) is 0 Å². The van der Waals surface area contributed by atoms with E-state index in [0.717, 1.165) is 32.1 Å². The van der Waals surface area contributed by atoms with E-state index < -0.39 is 17.6 Å². The van der Waals surface area contributed by atoms with Crippen LogP contribution in [-0.4, -0.2) is 34.9 Å². The number of nitrogens with two attached hydrogens (primary N) is 1. The van der Waals surface area contributed by atoms with Crippen molar-refractivity contribution in [3.8, 4) is 0 Å². The van der Waals surface area contributed by atoms with Crippen molar-refractivity contribution in [3.63, 3.8) is 0 Å². The molecule has 5 nitrogen and oxygen atoms in total. The molecule has 1 rings (SSSR count). The molecule has 0 aromatic heterocycles. The third-order valence-corrected chi connectivity index (χ3v) is 4.89. The predicted octanol–water partition coefficient (Wildman–Crippen LogP) is 3.54. The molecule has 1 unspecified atom stereocenters. The van der Waals surface area contributed by atoms with Crippen LogP contribution in [0.5, 0.6) is 0 Å². The summed E-state index contributed by atoms with van der Waals surface area (Å²) >= 11 is 0. The lowest BCUT2D eigenvalue weighted by Crippen LogP contribution is -2.55. The second-order valence-electron chi connectivity index (χ2n) is 7.48.